The number of carbonyl (C=O) groups excluding carboxylic acids is 2. The number of thiazole rings is 1. The van der Waals surface area contributed by atoms with Crippen molar-refractivity contribution >= 4 is 40.2 Å². The van der Waals surface area contributed by atoms with E-state index in [4.69, 9.17) is 4.74 Å². The van der Waals surface area contributed by atoms with Crippen molar-refractivity contribution in [2.75, 3.05) is 30.5 Å². The van der Waals surface area contributed by atoms with Crippen molar-refractivity contribution in [1.29, 1.82) is 0 Å². The Labute approximate surface area is 247 Å². The van der Waals surface area contributed by atoms with Crippen LogP contribution >= 0.6 is 11.3 Å². The van der Waals surface area contributed by atoms with Gasteiger partial charge in [-0.2, -0.15) is 0 Å². The molecule has 4 aromatic rings. The first-order valence-electron chi connectivity index (χ1n) is 13.7. The van der Waals surface area contributed by atoms with Crippen LogP contribution < -0.4 is 24.7 Å². The number of allylic oxidation sites excluding steroid dienone is 1. The number of fused-ring (bicyclic) bond motifs is 2. The van der Waals surface area contributed by atoms with Gasteiger partial charge in [0.1, 0.15) is 4.53 Å². The van der Waals surface area contributed by atoms with Crippen LogP contribution in [0.25, 0.3) is 5.57 Å². The maximum Gasteiger partial charge on any atom is 0.338 e. The topological polar surface area (TPSA) is 84.2 Å². The monoisotopic (exact) mass is 578 g/mol. The minimum Gasteiger partial charge on any atom is -0.463 e. The van der Waals surface area contributed by atoms with E-state index in [0.29, 0.717) is 38.3 Å². The third-order valence-corrected chi connectivity index (χ3v) is 8.61. The van der Waals surface area contributed by atoms with Crippen LogP contribution in [-0.2, 0) is 20.9 Å². The number of rotatable bonds is 6. The summed E-state index contributed by atoms with van der Waals surface area (Å²) in [6.07, 6.45) is 0. The molecule has 1 atom stereocenters. The number of benzene rings is 3. The zero-order valence-electron chi connectivity index (χ0n) is 23.8. The minimum absolute atomic E-state index is 0.193. The summed E-state index contributed by atoms with van der Waals surface area (Å²) in [5.41, 5.74) is 4.96. The highest BCUT2D eigenvalue weighted by molar-refractivity contribution is 7.07. The molecule has 1 amide bonds. The summed E-state index contributed by atoms with van der Waals surface area (Å²) in [5, 5.41) is 0. The largest absolute Gasteiger partial charge is 0.463 e. The van der Waals surface area contributed by atoms with Crippen LogP contribution in [0.1, 0.15) is 36.6 Å². The molecule has 0 fully saturated rings. The molecule has 42 heavy (non-hydrogen) atoms. The van der Waals surface area contributed by atoms with E-state index in [1.165, 1.54) is 15.9 Å². The third-order valence-electron chi connectivity index (χ3n) is 7.55. The second-order valence-electron chi connectivity index (χ2n) is 10.4. The quantitative estimate of drug-likeness (QED) is 0.325. The van der Waals surface area contributed by atoms with Gasteiger partial charge >= 0.3 is 5.97 Å². The molecule has 8 nitrogen and oxygen atoms in total. The average molecular weight is 579 g/mol. The molecule has 2 aliphatic rings. The molecule has 0 saturated heterocycles. The van der Waals surface area contributed by atoms with Crippen molar-refractivity contribution in [1.82, 2.24) is 4.57 Å². The Hall–Kier alpha value is -4.76. The Morgan fingerprint density at radius 3 is 2.36 bits per heavy atom. The summed E-state index contributed by atoms with van der Waals surface area (Å²) in [6.45, 7) is 4.08. The first-order chi connectivity index (χ1) is 20.3. The lowest BCUT2D eigenvalue weighted by atomic mass is 9.95. The number of hydrogen-bond donors (Lipinski definition) is 0. The molecule has 0 aliphatic carbocycles. The predicted octanol–water partition coefficient (Wildman–Crippen LogP) is 3.78. The molecular weight excluding hydrogens is 548 g/mol. The molecule has 2 aliphatic heterocycles. The van der Waals surface area contributed by atoms with Crippen molar-refractivity contribution < 1.29 is 14.3 Å². The maximum absolute atomic E-state index is 14.4. The standard InChI is InChI=1S/C33H30N4O4S/c1-5-41-32(40)26-20(2)34-33-37(28(26)22-15-17-23(18-16-22)35(3)4)31(39)29(42-33)27-24-13-9-10-14-25(24)36(30(27)38)19-21-11-7-6-8-12-21/h6-18,28H,5,19H2,1-4H3/b29-27-/t28-/m0/s1. The molecule has 0 spiro atoms. The van der Waals surface area contributed by atoms with Gasteiger partial charge in [0, 0.05) is 25.3 Å². The first kappa shape index (κ1) is 27.4. The molecular formula is C33H30N4O4S. The molecule has 0 radical (unpaired) electrons. The molecule has 1 aromatic heterocycles. The fraction of sp³-hybridized carbons (Fsp3) is 0.212. The van der Waals surface area contributed by atoms with Crippen LogP contribution in [0.2, 0.25) is 0 Å². The Balaban J connectivity index is 1.57. The summed E-state index contributed by atoms with van der Waals surface area (Å²) in [7, 11) is 3.90. The van der Waals surface area contributed by atoms with Crippen molar-refractivity contribution in [2.45, 2.75) is 26.4 Å². The molecule has 0 saturated carbocycles. The molecule has 212 valence electrons. The number of hydrogen-bond acceptors (Lipinski definition) is 7. The highest BCUT2D eigenvalue weighted by Gasteiger charge is 2.37. The molecule has 3 aromatic carbocycles. The van der Waals surface area contributed by atoms with Crippen LogP contribution in [-0.4, -0.2) is 37.1 Å². The lowest BCUT2D eigenvalue weighted by Gasteiger charge is -2.25. The van der Waals surface area contributed by atoms with Gasteiger partial charge in [0.25, 0.3) is 11.5 Å². The molecule has 0 unspecified atom stereocenters. The second-order valence-corrected chi connectivity index (χ2v) is 11.4. The van der Waals surface area contributed by atoms with E-state index in [9.17, 15) is 14.4 Å². The Morgan fingerprint density at radius 1 is 0.976 bits per heavy atom. The number of amides is 1. The van der Waals surface area contributed by atoms with E-state index in [1.54, 1.807) is 18.7 Å². The molecule has 3 heterocycles. The zero-order chi connectivity index (χ0) is 29.5. The molecule has 9 heteroatoms. The van der Waals surface area contributed by atoms with Gasteiger partial charge in [-0.1, -0.05) is 72.0 Å². The fourth-order valence-corrected chi connectivity index (χ4v) is 6.67. The number of para-hydroxylation sites is 1. The van der Waals surface area contributed by atoms with Crippen LogP contribution in [0.3, 0.4) is 0 Å². The second kappa shape index (κ2) is 10.9. The fourth-order valence-electron chi connectivity index (χ4n) is 5.53. The minimum atomic E-state index is -0.752. The van der Waals surface area contributed by atoms with E-state index < -0.39 is 12.0 Å². The predicted molar refractivity (Wildman–Crippen MR) is 164 cm³/mol. The van der Waals surface area contributed by atoms with Gasteiger partial charge in [0.05, 0.1) is 41.7 Å². The Bertz CT molecular complexity index is 1920. The van der Waals surface area contributed by atoms with Crippen LogP contribution in [0.4, 0.5) is 11.4 Å². The number of esters is 1. The highest BCUT2D eigenvalue weighted by Crippen LogP contribution is 2.37. The van der Waals surface area contributed by atoms with Crippen LogP contribution in [0, 0.1) is 0 Å². The Kier molecular flexibility index (Phi) is 7.12. The molecule has 0 bridgehead atoms. The summed E-state index contributed by atoms with van der Waals surface area (Å²) in [6, 6.07) is 24.3. The van der Waals surface area contributed by atoms with Gasteiger partial charge in [0.15, 0.2) is 4.80 Å². The van der Waals surface area contributed by atoms with Gasteiger partial charge in [0.2, 0.25) is 0 Å². The van der Waals surface area contributed by atoms with Gasteiger partial charge in [-0.25, -0.2) is 9.79 Å². The zero-order valence-corrected chi connectivity index (χ0v) is 24.6. The first-order valence-corrected chi connectivity index (χ1v) is 14.6. The van der Waals surface area contributed by atoms with Crippen LogP contribution in [0.15, 0.2) is 99.9 Å². The van der Waals surface area contributed by atoms with E-state index in [1.807, 2.05) is 97.9 Å². The highest BCUT2D eigenvalue weighted by atomic mass is 32.1. The number of carbonyl (C=O) groups is 2. The van der Waals surface area contributed by atoms with Gasteiger partial charge in [-0.3, -0.25) is 14.2 Å². The lowest BCUT2D eigenvalue weighted by Crippen LogP contribution is -2.41. The average Bonchev–Trinajstić information content (AvgIpc) is 3.45. The van der Waals surface area contributed by atoms with Crippen molar-refractivity contribution in [3.63, 3.8) is 0 Å². The summed E-state index contributed by atoms with van der Waals surface area (Å²) in [5.74, 6) is -0.756. The molecule has 0 N–H and O–H groups in total. The number of ether oxygens (including phenoxy) is 1. The molecule has 6 rings (SSSR count). The van der Waals surface area contributed by atoms with E-state index in [0.717, 1.165) is 22.5 Å². The summed E-state index contributed by atoms with van der Waals surface area (Å²) >= 11 is 1.18. The van der Waals surface area contributed by atoms with Gasteiger partial charge in [-0.15, -0.1) is 0 Å². The van der Waals surface area contributed by atoms with Gasteiger partial charge < -0.3 is 14.5 Å². The van der Waals surface area contributed by atoms with Gasteiger partial charge in [-0.05, 0) is 43.2 Å². The normalized spacial score (nSPS) is 17.1. The van der Waals surface area contributed by atoms with E-state index >= 15 is 0 Å². The van der Waals surface area contributed by atoms with E-state index in [-0.39, 0.29) is 18.1 Å². The Morgan fingerprint density at radius 2 is 1.67 bits per heavy atom. The smallest absolute Gasteiger partial charge is 0.338 e. The van der Waals surface area contributed by atoms with Crippen molar-refractivity contribution in [3.8, 4) is 0 Å². The van der Waals surface area contributed by atoms with Crippen molar-refractivity contribution in [3.05, 3.63) is 127 Å². The van der Waals surface area contributed by atoms with E-state index in [2.05, 4.69) is 4.99 Å². The lowest BCUT2D eigenvalue weighted by molar-refractivity contribution is -0.139. The van der Waals surface area contributed by atoms with Crippen LogP contribution in [0.5, 0.6) is 0 Å². The third kappa shape index (κ3) is 4.55. The SMILES string of the molecule is CCOC(=O)C1=C(C)N=c2s/c(=C3\C(=O)N(Cc4ccccc4)c4ccccc43)c(=O)n2[C@H]1c1ccc(N(C)C)cc1. The number of nitrogens with zero attached hydrogens (tertiary/aromatic N) is 4. The maximum atomic E-state index is 14.4. The summed E-state index contributed by atoms with van der Waals surface area (Å²) in [4.78, 5) is 50.5. The summed E-state index contributed by atoms with van der Waals surface area (Å²) < 4.78 is 7.25. The van der Waals surface area contributed by atoms with Crippen molar-refractivity contribution in [2.24, 2.45) is 4.99 Å². The number of anilines is 2. The number of aromatic nitrogens is 1.